The van der Waals surface area contributed by atoms with Gasteiger partial charge >= 0.3 is 0 Å². The fourth-order valence-electron chi connectivity index (χ4n) is 1.64. The summed E-state index contributed by atoms with van der Waals surface area (Å²) in [6, 6.07) is 5.62. The van der Waals surface area contributed by atoms with E-state index in [0.29, 0.717) is 18.0 Å². The van der Waals surface area contributed by atoms with Gasteiger partial charge in [0, 0.05) is 19.2 Å². The molecule has 18 heavy (non-hydrogen) atoms. The largest absolute Gasteiger partial charge is 0.341 e. The van der Waals surface area contributed by atoms with Gasteiger partial charge in [-0.05, 0) is 30.2 Å². The van der Waals surface area contributed by atoms with Crippen molar-refractivity contribution in [3.63, 3.8) is 0 Å². The zero-order valence-corrected chi connectivity index (χ0v) is 11.6. The Hall–Kier alpha value is -1.40. The van der Waals surface area contributed by atoms with Crippen LogP contribution >= 0.6 is 0 Å². The molecule has 1 amide bonds. The molecule has 100 valence electrons. The topological polar surface area (TPSA) is 80.5 Å². The third-order valence-corrected chi connectivity index (χ3v) is 3.34. The predicted octanol–water partition coefficient (Wildman–Crippen LogP) is 1.06. The van der Waals surface area contributed by atoms with Crippen molar-refractivity contribution in [1.82, 2.24) is 4.90 Å². The molecule has 0 aromatic heterocycles. The minimum atomic E-state index is -3.71. The number of sulfonamides is 1. The molecule has 0 radical (unpaired) electrons. The first kappa shape index (κ1) is 14.7. The second kappa shape index (κ2) is 5.49. The lowest BCUT2D eigenvalue weighted by Gasteiger charge is -2.19. The Morgan fingerprint density at radius 3 is 2.17 bits per heavy atom. The van der Waals surface area contributed by atoms with Crippen LogP contribution in [-0.2, 0) is 10.0 Å². The van der Waals surface area contributed by atoms with Crippen molar-refractivity contribution in [3.05, 3.63) is 29.8 Å². The smallest absolute Gasteiger partial charge is 0.253 e. The van der Waals surface area contributed by atoms with E-state index in [2.05, 4.69) is 0 Å². The normalized spacial score (nSPS) is 11.6. The average Bonchev–Trinajstić information content (AvgIpc) is 2.26. The molecule has 0 aliphatic heterocycles. The number of nitrogens with zero attached hydrogens (tertiary/aromatic N) is 1. The maximum absolute atomic E-state index is 12.0. The second-order valence-electron chi connectivity index (χ2n) is 4.65. The van der Waals surface area contributed by atoms with Crippen molar-refractivity contribution < 1.29 is 13.2 Å². The van der Waals surface area contributed by atoms with Crippen LogP contribution in [0.5, 0.6) is 0 Å². The summed E-state index contributed by atoms with van der Waals surface area (Å²) >= 11 is 0. The van der Waals surface area contributed by atoms with Gasteiger partial charge in [-0.2, -0.15) is 0 Å². The Bertz CT molecular complexity index is 521. The molecule has 0 bridgehead atoms. The van der Waals surface area contributed by atoms with Crippen molar-refractivity contribution in [2.24, 2.45) is 11.1 Å². The molecule has 0 fully saturated rings. The fraction of sp³-hybridized carbons (Fsp3) is 0.417. The number of nitrogens with two attached hydrogens (primary N) is 1. The monoisotopic (exact) mass is 270 g/mol. The van der Waals surface area contributed by atoms with E-state index in [0.717, 1.165) is 0 Å². The first-order valence-electron chi connectivity index (χ1n) is 5.60. The highest BCUT2D eigenvalue weighted by molar-refractivity contribution is 7.89. The van der Waals surface area contributed by atoms with Crippen LogP contribution in [0.25, 0.3) is 0 Å². The van der Waals surface area contributed by atoms with E-state index in [1.807, 2.05) is 13.8 Å². The lowest BCUT2D eigenvalue weighted by Crippen LogP contribution is -2.30. The summed E-state index contributed by atoms with van der Waals surface area (Å²) in [5.74, 6) is 0.243. The van der Waals surface area contributed by atoms with Crippen LogP contribution in [0.15, 0.2) is 29.2 Å². The molecule has 0 aliphatic carbocycles. The second-order valence-corrected chi connectivity index (χ2v) is 6.21. The number of hydrogen-bond acceptors (Lipinski definition) is 3. The molecule has 0 heterocycles. The van der Waals surface area contributed by atoms with E-state index < -0.39 is 10.0 Å². The molecule has 1 aromatic rings. The van der Waals surface area contributed by atoms with Crippen LogP contribution in [0.2, 0.25) is 0 Å². The Kier molecular flexibility index (Phi) is 4.48. The zero-order valence-electron chi connectivity index (χ0n) is 10.8. The van der Waals surface area contributed by atoms with Crippen LogP contribution < -0.4 is 5.14 Å². The summed E-state index contributed by atoms with van der Waals surface area (Å²) in [7, 11) is -1.99. The number of hydrogen-bond donors (Lipinski definition) is 1. The number of carbonyl (C=O) groups excluding carboxylic acids is 1. The van der Waals surface area contributed by atoms with Gasteiger partial charge in [-0.25, -0.2) is 13.6 Å². The minimum absolute atomic E-state index is 0.00515. The summed E-state index contributed by atoms with van der Waals surface area (Å²) in [5, 5.41) is 4.99. The molecular weight excluding hydrogens is 252 g/mol. The van der Waals surface area contributed by atoms with E-state index in [1.165, 1.54) is 24.3 Å². The number of rotatable bonds is 4. The van der Waals surface area contributed by atoms with Crippen molar-refractivity contribution in [3.8, 4) is 0 Å². The SMILES string of the molecule is CC(C)CN(C)C(=O)c1ccc(S(N)(=O)=O)cc1. The van der Waals surface area contributed by atoms with Crippen molar-refractivity contribution >= 4 is 15.9 Å². The van der Waals surface area contributed by atoms with Crippen molar-refractivity contribution in [2.45, 2.75) is 18.7 Å². The molecule has 0 atom stereocenters. The van der Waals surface area contributed by atoms with Crippen LogP contribution in [0, 0.1) is 5.92 Å². The number of amides is 1. The van der Waals surface area contributed by atoms with Gasteiger partial charge in [0.1, 0.15) is 0 Å². The Morgan fingerprint density at radius 2 is 1.78 bits per heavy atom. The van der Waals surface area contributed by atoms with Crippen LogP contribution in [0.3, 0.4) is 0 Å². The predicted molar refractivity (Wildman–Crippen MR) is 69.6 cm³/mol. The highest BCUT2D eigenvalue weighted by Gasteiger charge is 2.14. The van der Waals surface area contributed by atoms with Gasteiger partial charge in [-0.15, -0.1) is 0 Å². The first-order valence-corrected chi connectivity index (χ1v) is 7.14. The van der Waals surface area contributed by atoms with Gasteiger partial charge < -0.3 is 4.90 Å². The van der Waals surface area contributed by atoms with Crippen LogP contribution in [0.4, 0.5) is 0 Å². The Morgan fingerprint density at radius 1 is 1.28 bits per heavy atom. The number of primary sulfonamides is 1. The van der Waals surface area contributed by atoms with Gasteiger partial charge in [-0.3, -0.25) is 4.79 Å². The molecule has 2 N–H and O–H groups in total. The highest BCUT2D eigenvalue weighted by atomic mass is 32.2. The Balaban J connectivity index is 2.89. The lowest BCUT2D eigenvalue weighted by atomic mass is 10.1. The standard InChI is InChI=1S/C12H18N2O3S/c1-9(2)8-14(3)12(15)10-4-6-11(7-5-10)18(13,16)17/h4-7,9H,8H2,1-3H3,(H2,13,16,17). The third kappa shape index (κ3) is 3.82. The summed E-state index contributed by atoms with van der Waals surface area (Å²) in [6.45, 7) is 4.69. The van der Waals surface area contributed by atoms with Gasteiger partial charge in [0.25, 0.3) is 5.91 Å². The van der Waals surface area contributed by atoms with Crippen LogP contribution in [-0.4, -0.2) is 32.8 Å². The summed E-state index contributed by atoms with van der Waals surface area (Å²) in [4.78, 5) is 13.6. The average molecular weight is 270 g/mol. The third-order valence-electron chi connectivity index (χ3n) is 2.42. The molecule has 1 aromatic carbocycles. The molecular formula is C12H18N2O3S. The van der Waals surface area contributed by atoms with E-state index in [9.17, 15) is 13.2 Å². The van der Waals surface area contributed by atoms with E-state index in [1.54, 1.807) is 11.9 Å². The Labute approximate surface area is 108 Å². The van der Waals surface area contributed by atoms with Crippen molar-refractivity contribution in [2.75, 3.05) is 13.6 Å². The van der Waals surface area contributed by atoms with Crippen LogP contribution in [0.1, 0.15) is 24.2 Å². The maximum Gasteiger partial charge on any atom is 0.253 e. The molecule has 0 unspecified atom stereocenters. The summed E-state index contributed by atoms with van der Waals surface area (Å²) < 4.78 is 22.2. The first-order chi connectivity index (χ1) is 8.21. The molecule has 0 aliphatic rings. The minimum Gasteiger partial charge on any atom is -0.341 e. The van der Waals surface area contributed by atoms with E-state index in [-0.39, 0.29) is 10.8 Å². The highest BCUT2D eigenvalue weighted by Crippen LogP contribution is 2.11. The summed E-state index contributed by atoms with van der Waals surface area (Å²) in [6.07, 6.45) is 0. The maximum atomic E-state index is 12.0. The fourth-order valence-corrected chi connectivity index (χ4v) is 2.15. The summed E-state index contributed by atoms with van der Waals surface area (Å²) in [5.41, 5.74) is 0.450. The van der Waals surface area contributed by atoms with Gasteiger partial charge in [0.2, 0.25) is 10.0 Å². The van der Waals surface area contributed by atoms with Crippen molar-refractivity contribution in [1.29, 1.82) is 0 Å². The molecule has 6 heteroatoms. The molecule has 0 saturated heterocycles. The van der Waals surface area contributed by atoms with E-state index in [4.69, 9.17) is 5.14 Å². The van der Waals surface area contributed by atoms with Gasteiger partial charge in [0.05, 0.1) is 4.90 Å². The van der Waals surface area contributed by atoms with Gasteiger partial charge in [-0.1, -0.05) is 13.8 Å². The van der Waals surface area contributed by atoms with Gasteiger partial charge in [0.15, 0.2) is 0 Å². The van der Waals surface area contributed by atoms with E-state index >= 15 is 0 Å². The quantitative estimate of drug-likeness (QED) is 0.888. The molecule has 1 rings (SSSR count). The molecule has 0 saturated carbocycles. The lowest BCUT2D eigenvalue weighted by molar-refractivity contribution is 0.0779. The number of benzene rings is 1. The molecule has 0 spiro atoms. The zero-order chi connectivity index (χ0) is 13.9. The number of carbonyl (C=O) groups is 1. The molecule has 5 nitrogen and oxygen atoms in total.